The normalized spacial score (nSPS) is 10.2. The van der Waals surface area contributed by atoms with Crippen LogP contribution in [0.2, 0.25) is 0 Å². The van der Waals surface area contributed by atoms with E-state index in [0.717, 1.165) is 0 Å². The number of esters is 2. The number of ether oxygens (including phenoxy) is 8. The summed E-state index contributed by atoms with van der Waals surface area (Å²) < 4.78 is 37.7. The number of hydrogen-bond donors (Lipinski definition) is 0. The molecule has 0 unspecified atom stereocenters. The first-order valence-corrected chi connectivity index (χ1v) is 7.95. The summed E-state index contributed by atoms with van der Waals surface area (Å²) in [5, 5.41) is 9.86. The predicted molar refractivity (Wildman–Crippen MR) is 89.3 cm³/mol. The van der Waals surface area contributed by atoms with Crippen molar-refractivity contribution in [3.8, 4) is 0 Å². The smallest absolute Gasteiger partial charge is 0.550 e. The molecule has 0 saturated heterocycles. The fourth-order valence-corrected chi connectivity index (χ4v) is 1.48. The third kappa shape index (κ3) is 21.2. The molecule has 0 atom stereocenters. The van der Waals surface area contributed by atoms with Crippen molar-refractivity contribution >= 4 is 17.9 Å². The van der Waals surface area contributed by atoms with Crippen LogP contribution in [0.15, 0.2) is 0 Å². The second kappa shape index (κ2) is 22.9. The van der Waals surface area contributed by atoms with Gasteiger partial charge in [0.05, 0.1) is 12.8 Å². The van der Waals surface area contributed by atoms with Crippen LogP contribution in [0, 0.1) is 0 Å². The van der Waals surface area contributed by atoms with E-state index in [4.69, 9.17) is 18.9 Å². The summed E-state index contributed by atoms with van der Waals surface area (Å²) in [6.45, 7) is -0.474. The molecule has 13 heteroatoms. The minimum atomic E-state index is -1.18. The van der Waals surface area contributed by atoms with Gasteiger partial charge < -0.3 is 47.8 Å². The van der Waals surface area contributed by atoms with Crippen LogP contribution in [0.3, 0.4) is 0 Å². The van der Waals surface area contributed by atoms with E-state index in [-0.39, 0.29) is 88.2 Å². The molecule has 0 spiro atoms. The van der Waals surface area contributed by atoms with Crippen molar-refractivity contribution in [1.29, 1.82) is 0 Å². The predicted octanol–water partition coefficient (Wildman–Crippen LogP) is -4.20. The van der Waals surface area contributed by atoms with Crippen molar-refractivity contribution < 1.29 is 126 Å². The Morgan fingerprint density at radius 1 is 0.621 bits per heavy atom. The first-order valence-electron chi connectivity index (χ1n) is 7.95. The minimum absolute atomic E-state index is 0. The van der Waals surface area contributed by atoms with E-state index in [9.17, 15) is 19.5 Å². The van der Waals surface area contributed by atoms with Gasteiger partial charge in [-0.2, -0.15) is 0 Å². The summed E-state index contributed by atoms with van der Waals surface area (Å²) in [4.78, 5) is 32.4. The summed E-state index contributed by atoms with van der Waals surface area (Å²) in [5.41, 5.74) is 0. The Morgan fingerprint density at radius 3 is 1.10 bits per heavy atom. The summed E-state index contributed by atoms with van der Waals surface area (Å²) in [7, 11) is 8.34. The summed E-state index contributed by atoms with van der Waals surface area (Å²) in [5.74, 6) is -2.38. The van der Waals surface area contributed by atoms with E-state index < -0.39 is 43.6 Å². The number of rotatable bonds is 14. The molecule has 29 heavy (non-hydrogen) atoms. The molecule has 0 saturated carbocycles. The molecule has 0 rings (SSSR count). The maximum Gasteiger partial charge on any atom is 1.00 e. The Morgan fingerprint density at radius 2 is 0.897 bits per heavy atom. The molecule has 12 nitrogen and oxygen atoms in total. The molecule has 0 aromatic rings. The van der Waals surface area contributed by atoms with Crippen molar-refractivity contribution in [2.24, 2.45) is 0 Å². The van der Waals surface area contributed by atoms with E-state index in [2.05, 4.69) is 18.9 Å². The van der Waals surface area contributed by atoms with Gasteiger partial charge in [-0.05, 0) is 0 Å². The quantitative estimate of drug-likeness (QED) is 0.154. The fourth-order valence-electron chi connectivity index (χ4n) is 1.48. The van der Waals surface area contributed by atoms with Crippen LogP contribution in [-0.4, -0.2) is 86.2 Å². The molecule has 0 N–H and O–H groups in total. The van der Waals surface area contributed by atoms with Crippen molar-refractivity contribution in [2.75, 3.05) is 49.5 Å². The molecule has 0 heterocycles. The zero-order valence-corrected chi connectivity index (χ0v) is 24.2. The van der Waals surface area contributed by atoms with Crippen LogP contribution >= 0.6 is 0 Å². The molecular weight excluding hydrogens is 517 g/mol. The number of carbonyl (C=O) groups excluding carboxylic acids is 3. The third-order valence-corrected chi connectivity index (χ3v) is 3.02. The first kappa shape index (κ1) is 33.8. The number of methoxy groups -OCH3 is 6. The fraction of sp³-hybridized carbons (Fsp3) is 0.812. The van der Waals surface area contributed by atoms with Crippen LogP contribution in [0.25, 0.3) is 0 Å². The van der Waals surface area contributed by atoms with Crippen LogP contribution in [-0.2, 0) is 52.3 Å². The number of aliphatic carboxylic acids is 1. The Balaban J connectivity index is -0.000000572. The van der Waals surface area contributed by atoms with Gasteiger partial charge in [0.15, 0.2) is 18.9 Å². The largest absolute Gasteiger partial charge is 1.00 e. The van der Waals surface area contributed by atoms with Crippen LogP contribution in [0.4, 0.5) is 0 Å². The molecule has 0 aliphatic carbocycles. The van der Waals surface area contributed by atoms with E-state index in [1.807, 2.05) is 0 Å². The van der Waals surface area contributed by atoms with Gasteiger partial charge >= 0.3 is 80.8 Å². The van der Waals surface area contributed by atoms with Crippen molar-refractivity contribution in [2.45, 2.75) is 38.1 Å². The van der Waals surface area contributed by atoms with Gasteiger partial charge in [0, 0.05) is 55.0 Å². The molecule has 0 fully saturated rings. The van der Waals surface area contributed by atoms with Gasteiger partial charge in [-0.15, -0.1) is 0 Å². The minimum Gasteiger partial charge on any atom is -0.550 e. The van der Waals surface area contributed by atoms with Crippen molar-refractivity contribution in [3.63, 3.8) is 0 Å². The van der Waals surface area contributed by atoms with E-state index in [1.54, 1.807) is 0 Å². The number of carboxylic acids is 1. The Kier molecular flexibility index (Phi) is 26.7. The van der Waals surface area contributed by atoms with Gasteiger partial charge in [0.1, 0.15) is 0 Å². The summed E-state index contributed by atoms with van der Waals surface area (Å²) in [6.07, 6.45) is -2.47. The van der Waals surface area contributed by atoms with Gasteiger partial charge in [-0.1, -0.05) is 0 Å². The maximum absolute atomic E-state index is 11.3. The molecule has 0 bridgehead atoms. The Hall–Kier alpha value is 0.222. The van der Waals surface area contributed by atoms with Crippen LogP contribution in [0.5, 0.6) is 0 Å². The zero-order chi connectivity index (χ0) is 21.9. The third-order valence-electron chi connectivity index (χ3n) is 3.02. The molecule has 0 radical (unpaired) electrons. The molecule has 0 aliphatic heterocycles. The van der Waals surface area contributed by atoms with Gasteiger partial charge in [0.2, 0.25) is 6.79 Å². The van der Waals surface area contributed by atoms with E-state index in [0.29, 0.717) is 0 Å². The van der Waals surface area contributed by atoms with Crippen LogP contribution in [0.1, 0.15) is 19.3 Å². The number of hydrogen-bond acceptors (Lipinski definition) is 12. The topological polar surface area (TPSA) is 148 Å². The molecule has 0 aromatic heterocycles. The SMILES string of the molecule is COC(CC(=O)OCOC(=O)CC(OC)OC)OC.COC(CC(=O)[O-])OC.[Cs+]. The van der Waals surface area contributed by atoms with E-state index >= 15 is 0 Å². The molecule has 0 aromatic carbocycles. The molecule has 0 amide bonds. The standard InChI is InChI=1S/C11H20O8.C5H10O4.Cs/c1-14-10(15-2)5-8(12)18-7-19-9(13)6-11(16-3)17-4;1-8-5(9-2)3-4(6)7;/h10-11H,5-7H2,1-4H3;5H,3H2,1-2H3,(H,6,7);/q;;+1/p-1. The average molecular weight is 546 g/mol. The Labute approximate surface area is 229 Å². The van der Waals surface area contributed by atoms with Crippen molar-refractivity contribution in [1.82, 2.24) is 0 Å². The summed E-state index contributed by atoms with van der Waals surface area (Å²) >= 11 is 0. The van der Waals surface area contributed by atoms with E-state index in [1.165, 1.54) is 42.7 Å². The second-order valence-corrected chi connectivity index (χ2v) is 4.84. The molecular formula is C16H29CsO12. The monoisotopic (exact) mass is 546 g/mol. The zero-order valence-electron chi connectivity index (χ0n) is 18.0. The average Bonchev–Trinajstić information content (AvgIpc) is 2.68. The summed E-state index contributed by atoms with van der Waals surface area (Å²) in [6, 6.07) is 0. The second-order valence-electron chi connectivity index (χ2n) is 4.84. The van der Waals surface area contributed by atoms with Gasteiger partial charge in [-0.3, -0.25) is 9.59 Å². The number of carbonyl (C=O) groups is 3. The van der Waals surface area contributed by atoms with Crippen molar-refractivity contribution in [3.05, 3.63) is 0 Å². The maximum atomic E-state index is 11.3. The van der Waals surface area contributed by atoms with Gasteiger partial charge in [-0.25, -0.2) is 0 Å². The number of carboxylic acid groups (broad SMARTS) is 1. The first-order chi connectivity index (χ1) is 13.3. The van der Waals surface area contributed by atoms with Gasteiger partial charge in [0.25, 0.3) is 0 Å². The Bertz CT molecular complexity index is 396. The molecule has 166 valence electrons. The van der Waals surface area contributed by atoms with Crippen LogP contribution < -0.4 is 74.0 Å². The molecule has 0 aliphatic rings.